The van der Waals surface area contributed by atoms with Crippen molar-refractivity contribution < 1.29 is 29.5 Å². The van der Waals surface area contributed by atoms with Crippen LogP contribution in [-0.4, -0.2) is 88.8 Å². The number of ether oxygens (including phenoxy) is 3. The first-order valence-corrected chi connectivity index (χ1v) is 18.2. The highest BCUT2D eigenvalue weighted by Crippen LogP contribution is 2.39. The summed E-state index contributed by atoms with van der Waals surface area (Å²) in [6, 6.07) is 18.0. The van der Waals surface area contributed by atoms with E-state index in [-0.39, 0.29) is 32.5 Å². The van der Waals surface area contributed by atoms with Gasteiger partial charge in [-0.1, -0.05) is 41.9 Å². The average Bonchev–Trinajstić information content (AvgIpc) is 3.57. The van der Waals surface area contributed by atoms with Gasteiger partial charge in [0.1, 0.15) is 36.5 Å². The molecule has 1 aliphatic heterocycles. The lowest BCUT2D eigenvalue weighted by atomic mass is 9.93. The molecular formula is C41H49ClN4O6. The normalized spacial score (nSPS) is 14.5. The van der Waals surface area contributed by atoms with Gasteiger partial charge in [0.15, 0.2) is 0 Å². The minimum Gasteiger partial charge on any atom is -0.493 e. The van der Waals surface area contributed by atoms with Crippen LogP contribution in [0.5, 0.6) is 17.2 Å². The Morgan fingerprint density at radius 1 is 0.904 bits per heavy atom. The highest BCUT2D eigenvalue weighted by Gasteiger charge is 2.21. The van der Waals surface area contributed by atoms with Gasteiger partial charge in [-0.3, -0.25) is 9.88 Å². The molecule has 1 aliphatic rings. The van der Waals surface area contributed by atoms with E-state index in [1.165, 1.54) is 6.20 Å². The van der Waals surface area contributed by atoms with E-state index >= 15 is 0 Å². The number of likely N-dealkylation sites (tertiary alicyclic amines) is 1. The number of aliphatic hydroxyl groups excluding tert-OH is 3. The Kier molecular flexibility index (Phi) is 14.3. The zero-order valence-electron chi connectivity index (χ0n) is 30.3. The van der Waals surface area contributed by atoms with E-state index < -0.39 is 0 Å². The summed E-state index contributed by atoms with van der Waals surface area (Å²) >= 11 is 6.96. The second kappa shape index (κ2) is 19.0. The van der Waals surface area contributed by atoms with Crippen molar-refractivity contribution in [2.45, 2.75) is 59.5 Å². The number of hydrogen-bond acceptors (Lipinski definition) is 10. The highest BCUT2D eigenvalue weighted by molar-refractivity contribution is 6.33. The second-order valence-electron chi connectivity index (χ2n) is 13.2. The van der Waals surface area contributed by atoms with E-state index in [0.29, 0.717) is 48.3 Å². The van der Waals surface area contributed by atoms with E-state index in [9.17, 15) is 20.6 Å². The quantitative estimate of drug-likeness (QED) is 0.105. The topological polar surface area (TPSA) is 132 Å². The van der Waals surface area contributed by atoms with Gasteiger partial charge in [-0.25, -0.2) is 0 Å². The van der Waals surface area contributed by atoms with Crippen LogP contribution < -0.4 is 14.2 Å². The molecule has 2 heterocycles. The summed E-state index contributed by atoms with van der Waals surface area (Å²) in [6.07, 6.45) is 4.69. The molecule has 52 heavy (non-hydrogen) atoms. The van der Waals surface area contributed by atoms with Crippen molar-refractivity contribution in [1.82, 2.24) is 14.8 Å². The molecule has 11 heteroatoms. The molecule has 5 rings (SSSR count). The van der Waals surface area contributed by atoms with Crippen LogP contribution >= 0.6 is 11.6 Å². The third kappa shape index (κ3) is 10.0. The first kappa shape index (κ1) is 39.0. The third-order valence-corrected chi connectivity index (χ3v) is 10.1. The third-order valence-electron chi connectivity index (χ3n) is 9.62. The van der Waals surface area contributed by atoms with Gasteiger partial charge in [-0.05, 0) is 79.1 Å². The molecule has 0 spiro atoms. The smallest absolute Gasteiger partial charge is 0.142 e. The van der Waals surface area contributed by atoms with Gasteiger partial charge in [-0.2, -0.15) is 5.26 Å². The number of pyridine rings is 1. The summed E-state index contributed by atoms with van der Waals surface area (Å²) in [6.45, 7) is 10.8. The van der Waals surface area contributed by atoms with Gasteiger partial charge in [0.2, 0.25) is 0 Å². The predicted molar refractivity (Wildman–Crippen MR) is 202 cm³/mol. The molecule has 0 aliphatic carbocycles. The molecule has 0 saturated carbocycles. The van der Waals surface area contributed by atoms with E-state index in [2.05, 4.69) is 41.9 Å². The van der Waals surface area contributed by atoms with Gasteiger partial charge >= 0.3 is 0 Å². The first-order valence-electron chi connectivity index (χ1n) is 17.8. The zero-order valence-corrected chi connectivity index (χ0v) is 31.0. The number of rotatable bonds is 18. The van der Waals surface area contributed by atoms with Crippen molar-refractivity contribution in [1.29, 1.82) is 5.26 Å². The molecule has 10 nitrogen and oxygen atoms in total. The molecule has 4 aromatic rings. The summed E-state index contributed by atoms with van der Waals surface area (Å²) in [5.41, 5.74) is 8.13. The molecular weight excluding hydrogens is 680 g/mol. The molecule has 0 radical (unpaired) electrons. The molecule has 1 atom stereocenters. The van der Waals surface area contributed by atoms with Crippen LogP contribution in [0.25, 0.3) is 11.1 Å². The van der Waals surface area contributed by atoms with Crippen molar-refractivity contribution in [2.24, 2.45) is 0 Å². The molecule has 0 bridgehead atoms. The van der Waals surface area contributed by atoms with Crippen molar-refractivity contribution in [3.05, 3.63) is 105 Å². The van der Waals surface area contributed by atoms with Crippen molar-refractivity contribution in [2.75, 3.05) is 52.5 Å². The maximum absolute atomic E-state index is 9.80. The Labute approximate surface area is 311 Å². The van der Waals surface area contributed by atoms with Crippen LogP contribution in [0.3, 0.4) is 0 Å². The van der Waals surface area contributed by atoms with Crippen LogP contribution in [0.1, 0.15) is 51.8 Å². The number of nitrogens with zero attached hydrogens (tertiary/aromatic N) is 4. The highest BCUT2D eigenvalue weighted by atomic mass is 35.5. The van der Waals surface area contributed by atoms with Crippen LogP contribution in [0.15, 0.2) is 60.9 Å². The summed E-state index contributed by atoms with van der Waals surface area (Å²) in [5, 5.41) is 38.9. The number of aliphatic hydroxyl groups is 3. The molecule has 1 aromatic heterocycles. The number of β-amino-alcohol motifs (C(OH)–C–C–N with tert-alkyl or cyclic N) is 1. The van der Waals surface area contributed by atoms with Crippen molar-refractivity contribution in [3.63, 3.8) is 0 Å². The monoisotopic (exact) mass is 728 g/mol. The number of benzene rings is 3. The van der Waals surface area contributed by atoms with Gasteiger partial charge in [0.25, 0.3) is 0 Å². The summed E-state index contributed by atoms with van der Waals surface area (Å²) < 4.78 is 19.0. The molecule has 3 N–H and O–H groups in total. The Balaban J connectivity index is 1.34. The van der Waals surface area contributed by atoms with Gasteiger partial charge in [0, 0.05) is 68.9 Å². The van der Waals surface area contributed by atoms with Crippen LogP contribution in [0, 0.1) is 32.1 Å². The lowest BCUT2D eigenvalue weighted by Gasteiger charge is -2.25. The fourth-order valence-electron chi connectivity index (χ4n) is 6.60. The Morgan fingerprint density at radius 3 is 2.35 bits per heavy atom. The van der Waals surface area contributed by atoms with Crippen LogP contribution in [0.4, 0.5) is 0 Å². The maximum Gasteiger partial charge on any atom is 0.142 e. The van der Waals surface area contributed by atoms with Gasteiger partial charge < -0.3 is 34.4 Å². The molecule has 3 aromatic carbocycles. The summed E-state index contributed by atoms with van der Waals surface area (Å²) in [4.78, 5) is 8.37. The number of nitriles is 1. The molecule has 0 unspecified atom stereocenters. The van der Waals surface area contributed by atoms with E-state index in [1.807, 2.05) is 36.1 Å². The lowest BCUT2D eigenvalue weighted by molar-refractivity contribution is 0.154. The van der Waals surface area contributed by atoms with E-state index in [4.69, 9.17) is 25.8 Å². The maximum atomic E-state index is 9.80. The standard InChI is InChI=1S/C41H49ClN4O6/c1-28-33(7-4-8-35(28)36-9-5-10-38(29(36)2)50-18-6-12-45-13-11-34(49)24-45)27-52-40-20-39(51-26-32-19-31(21-43)22-44-23-32)37(30(3)41(40)42)25-46(14-16-47)15-17-48/h4-5,7-10,19-20,22-23,34,47-49H,6,11-18,24-27H2,1-3H3/t34-/m1/s1. The van der Waals surface area contributed by atoms with Crippen molar-refractivity contribution >= 4 is 11.6 Å². The van der Waals surface area contributed by atoms with Gasteiger partial charge in [0.05, 0.1) is 36.5 Å². The fourth-order valence-corrected chi connectivity index (χ4v) is 6.83. The molecule has 276 valence electrons. The van der Waals surface area contributed by atoms with E-state index in [1.54, 1.807) is 18.3 Å². The average molecular weight is 729 g/mol. The summed E-state index contributed by atoms with van der Waals surface area (Å²) in [5.74, 6) is 1.88. The largest absolute Gasteiger partial charge is 0.493 e. The Hall–Kier alpha value is -4.21. The second-order valence-corrected chi connectivity index (χ2v) is 13.6. The zero-order chi connectivity index (χ0) is 37.0. The first-order chi connectivity index (χ1) is 25.2. The lowest BCUT2D eigenvalue weighted by Crippen LogP contribution is -2.30. The predicted octanol–water partition coefficient (Wildman–Crippen LogP) is 5.98. The molecule has 1 fully saturated rings. The number of halogens is 1. The Morgan fingerprint density at radius 2 is 1.63 bits per heavy atom. The molecule has 1 saturated heterocycles. The van der Waals surface area contributed by atoms with Gasteiger partial charge in [-0.15, -0.1) is 0 Å². The minimum absolute atomic E-state index is 0.0582. The fraction of sp³-hybridized carbons (Fsp3) is 0.415. The minimum atomic E-state index is -0.210. The SMILES string of the molecule is Cc1c(COc2cc(OCc3cncc(C#N)c3)c(CN(CCO)CCO)c(C)c2Cl)cccc1-c1cccc(OCCCN2CC[C@@H](O)C2)c1C. The number of aromatic nitrogens is 1. The Bertz CT molecular complexity index is 1840. The van der Waals surface area contributed by atoms with E-state index in [0.717, 1.165) is 82.7 Å². The van der Waals surface area contributed by atoms with Crippen LogP contribution in [0.2, 0.25) is 5.02 Å². The number of hydrogen-bond donors (Lipinski definition) is 3. The molecule has 0 amide bonds. The van der Waals surface area contributed by atoms with Crippen molar-refractivity contribution in [3.8, 4) is 34.4 Å². The van der Waals surface area contributed by atoms with Crippen LogP contribution in [-0.2, 0) is 19.8 Å². The summed E-state index contributed by atoms with van der Waals surface area (Å²) in [7, 11) is 0.